The molecule has 0 aliphatic rings. The van der Waals surface area contributed by atoms with Gasteiger partial charge in [0, 0.05) is 12.6 Å². The number of aliphatic carboxylic acids is 1. The van der Waals surface area contributed by atoms with Crippen molar-refractivity contribution in [2.45, 2.75) is 23.5 Å². The van der Waals surface area contributed by atoms with Gasteiger partial charge >= 0.3 is 5.97 Å². The summed E-state index contributed by atoms with van der Waals surface area (Å²) in [5, 5.41) is 11.7. The van der Waals surface area contributed by atoms with E-state index in [2.05, 4.69) is 87.7 Å². The van der Waals surface area contributed by atoms with Crippen molar-refractivity contribution in [1.29, 1.82) is 0 Å². The van der Waals surface area contributed by atoms with E-state index in [0.29, 0.717) is 5.69 Å². The smallest absolute Gasteiger partial charge is 0.321 e. The van der Waals surface area contributed by atoms with Crippen LogP contribution in [0.2, 0.25) is 0 Å². The number of imidazole rings is 1. The zero-order valence-corrected chi connectivity index (χ0v) is 27.0. The zero-order chi connectivity index (χ0) is 33.5. The fourth-order valence-corrected chi connectivity index (χ4v) is 7.52. The molecule has 6 aromatic carbocycles. The van der Waals surface area contributed by atoms with Crippen molar-refractivity contribution in [3.8, 4) is 0 Å². The molecule has 0 aliphatic heterocycles. The van der Waals surface area contributed by atoms with Gasteiger partial charge in [0.1, 0.15) is 6.04 Å². The van der Waals surface area contributed by atoms with Crippen LogP contribution in [0, 0.1) is 0 Å². The quantitative estimate of drug-likeness (QED) is 0.131. The van der Waals surface area contributed by atoms with Gasteiger partial charge in [0.15, 0.2) is 0 Å². The van der Waals surface area contributed by atoms with Crippen LogP contribution in [-0.2, 0) is 22.3 Å². The molecular formula is C44H37N3O2. The number of hydrogen-bond donors (Lipinski definition) is 2. The molecule has 0 amide bonds. The summed E-state index contributed by atoms with van der Waals surface area (Å²) in [7, 11) is 0. The SMILES string of the molecule is O=C(O)C(Cc1c[nH]cn1)N(C(c1ccccc1)(c1ccccc1)c1ccccc1)C(c1ccccc1)(c1ccccc1)c1ccccc1. The summed E-state index contributed by atoms with van der Waals surface area (Å²) < 4.78 is 0. The Labute approximate surface area is 287 Å². The molecule has 7 aromatic rings. The normalized spacial score (nSPS) is 12.4. The molecular weight excluding hydrogens is 603 g/mol. The number of carbonyl (C=O) groups is 1. The fourth-order valence-electron chi connectivity index (χ4n) is 7.52. The Morgan fingerprint density at radius 3 is 1.04 bits per heavy atom. The van der Waals surface area contributed by atoms with E-state index in [0.717, 1.165) is 33.4 Å². The second kappa shape index (κ2) is 14.0. The lowest BCUT2D eigenvalue weighted by atomic mass is 9.66. The van der Waals surface area contributed by atoms with Crippen molar-refractivity contribution in [3.05, 3.63) is 234 Å². The van der Waals surface area contributed by atoms with Crippen molar-refractivity contribution >= 4 is 5.97 Å². The maximum absolute atomic E-state index is 14.3. The fraction of sp³-hybridized carbons (Fsp3) is 0.0909. The van der Waals surface area contributed by atoms with Gasteiger partial charge in [0.25, 0.3) is 0 Å². The lowest BCUT2D eigenvalue weighted by Gasteiger charge is -2.58. The van der Waals surface area contributed by atoms with Crippen molar-refractivity contribution in [2.75, 3.05) is 0 Å². The number of carboxylic acids is 1. The second-order valence-corrected chi connectivity index (χ2v) is 12.1. The number of nitrogens with one attached hydrogen (secondary N) is 1. The van der Waals surface area contributed by atoms with Gasteiger partial charge < -0.3 is 10.1 Å². The molecule has 0 radical (unpaired) electrons. The van der Waals surface area contributed by atoms with Crippen molar-refractivity contribution < 1.29 is 9.90 Å². The highest BCUT2D eigenvalue weighted by Gasteiger charge is 2.58. The van der Waals surface area contributed by atoms with E-state index in [1.165, 1.54) is 0 Å². The third-order valence-electron chi connectivity index (χ3n) is 9.43. The van der Waals surface area contributed by atoms with Gasteiger partial charge in [-0.05, 0) is 33.4 Å². The highest BCUT2D eigenvalue weighted by atomic mass is 16.4. The summed E-state index contributed by atoms with van der Waals surface area (Å²) >= 11 is 0. The Bertz CT molecular complexity index is 1730. The molecule has 0 spiro atoms. The van der Waals surface area contributed by atoms with Gasteiger partial charge in [-0.2, -0.15) is 0 Å². The van der Waals surface area contributed by atoms with Crippen LogP contribution >= 0.6 is 0 Å². The largest absolute Gasteiger partial charge is 0.480 e. The lowest BCUT2D eigenvalue weighted by Crippen LogP contribution is -2.65. The van der Waals surface area contributed by atoms with Gasteiger partial charge in [0.05, 0.1) is 23.1 Å². The first-order valence-electron chi connectivity index (χ1n) is 16.5. The minimum absolute atomic E-state index is 0.140. The molecule has 0 fully saturated rings. The molecule has 1 heterocycles. The molecule has 7 rings (SSSR count). The summed E-state index contributed by atoms with van der Waals surface area (Å²) in [5.74, 6) is -0.956. The van der Waals surface area contributed by atoms with Crippen molar-refractivity contribution in [2.24, 2.45) is 0 Å². The summed E-state index contributed by atoms with van der Waals surface area (Å²) in [4.78, 5) is 24.2. The van der Waals surface area contributed by atoms with E-state index in [9.17, 15) is 9.90 Å². The van der Waals surface area contributed by atoms with Crippen LogP contribution in [0.15, 0.2) is 195 Å². The predicted octanol–water partition coefficient (Wildman–Crippen LogP) is 8.69. The first-order chi connectivity index (χ1) is 24.2. The van der Waals surface area contributed by atoms with E-state index in [-0.39, 0.29) is 6.42 Å². The van der Waals surface area contributed by atoms with Crippen LogP contribution in [0.1, 0.15) is 39.1 Å². The van der Waals surface area contributed by atoms with E-state index in [1.807, 2.05) is 109 Å². The van der Waals surface area contributed by atoms with Crippen LogP contribution < -0.4 is 0 Å². The molecule has 1 aromatic heterocycles. The molecule has 1 unspecified atom stereocenters. The maximum Gasteiger partial charge on any atom is 0.321 e. The third kappa shape index (κ3) is 5.64. The highest BCUT2D eigenvalue weighted by Crippen LogP contribution is 2.55. The van der Waals surface area contributed by atoms with Crippen LogP contribution in [0.25, 0.3) is 0 Å². The molecule has 1 atom stereocenters. The average Bonchev–Trinajstić information content (AvgIpc) is 3.70. The average molecular weight is 640 g/mol. The molecule has 240 valence electrons. The minimum Gasteiger partial charge on any atom is -0.480 e. The second-order valence-electron chi connectivity index (χ2n) is 12.1. The number of aromatic nitrogens is 2. The molecule has 0 saturated heterocycles. The maximum atomic E-state index is 14.3. The summed E-state index contributed by atoms with van der Waals surface area (Å²) in [6.07, 6.45) is 3.54. The number of aromatic amines is 1. The summed E-state index contributed by atoms with van der Waals surface area (Å²) in [5.41, 5.74) is 3.99. The van der Waals surface area contributed by atoms with Crippen LogP contribution in [-0.4, -0.2) is 32.0 Å². The monoisotopic (exact) mass is 639 g/mol. The first-order valence-corrected chi connectivity index (χ1v) is 16.5. The Kier molecular flexibility index (Phi) is 9.00. The molecule has 2 N–H and O–H groups in total. The van der Waals surface area contributed by atoms with Gasteiger partial charge in [-0.1, -0.05) is 182 Å². The van der Waals surface area contributed by atoms with E-state index in [1.54, 1.807) is 12.5 Å². The van der Waals surface area contributed by atoms with E-state index < -0.39 is 23.1 Å². The minimum atomic E-state index is -1.15. The number of H-pyrrole nitrogens is 1. The van der Waals surface area contributed by atoms with E-state index in [4.69, 9.17) is 0 Å². The van der Waals surface area contributed by atoms with E-state index >= 15 is 0 Å². The number of nitrogens with zero attached hydrogens (tertiary/aromatic N) is 2. The van der Waals surface area contributed by atoms with Gasteiger partial charge in [0.2, 0.25) is 0 Å². The zero-order valence-electron chi connectivity index (χ0n) is 27.0. The van der Waals surface area contributed by atoms with Crippen molar-refractivity contribution in [3.63, 3.8) is 0 Å². The van der Waals surface area contributed by atoms with Crippen LogP contribution in [0.4, 0.5) is 0 Å². The first kappa shape index (κ1) is 31.6. The third-order valence-corrected chi connectivity index (χ3v) is 9.43. The topological polar surface area (TPSA) is 69.2 Å². The molecule has 0 saturated carbocycles. The predicted molar refractivity (Wildman–Crippen MR) is 194 cm³/mol. The number of carboxylic acid groups (broad SMARTS) is 1. The summed E-state index contributed by atoms with van der Waals surface area (Å²) in [6, 6.07) is 60.8. The summed E-state index contributed by atoms with van der Waals surface area (Å²) in [6.45, 7) is 0. The van der Waals surface area contributed by atoms with Crippen LogP contribution in [0.3, 0.4) is 0 Å². The molecule has 5 heteroatoms. The number of benzene rings is 6. The van der Waals surface area contributed by atoms with Crippen molar-refractivity contribution in [1.82, 2.24) is 14.9 Å². The van der Waals surface area contributed by atoms with Crippen LogP contribution in [0.5, 0.6) is 0 Å². The molecule has 0 bridgehead atoms. The molecule has 49 heavy (non-hydrogen) atoms. The Hall–Kier alpha value is -6.04. The number of hydrogen-bond acceptors (Lipinski definition) is 3. The molecule has 0 aliphatic carbocycles. The lowest BCUT2D eigenvalue weighted by molar-refractivity contribution is -0.148. The standard InChI is InChI=1S/C44H37N3O2/c48-42(49)41(31-40-32-45-33-46-40)47(43(34-19-7-1-8-20-34,35-21-9-2-10-22-35)36-23-11-3-12-24-36)44(37-25-13-4-14-26-37,38-27-15-5-16-28-38)39-29-17-6-18-30-39/h1-30,32-33,41H,31H2,(H,45,46)(H,48,49). The Morgan fingerprint density at radius 2 is 0.816 bits per heavy atom. The highest BCUT2D eigenvalue weighted by molar-refractivity contribution is 5.76. The Morgan fingerprint density at radius 1 is 0.531 bits per heavy atom. The molecule has 5 nitrogen and oxygen atoms in total. The van der Waals surface area contributed by atoms with Gasteiger partial charge in [-0.15, -0.1) is 0 Å². The van der Waals surface area contributed by atoms with Gasteiger partial charge in [-0.3, -0.25) is 9.69 Å². The number of rotatable bonds is 12. The Balaban J connectivity index is 1.76. The van der Waals surface area contributed by atoms with Gasteiger partial charge in [-0.25, -0.2) is 4.98 Å².